The number of ether oxygens (including phenoxy) is 2. The number of esters is 1. The van der Waals surface area contributed by atoms with Crippen LogP contribution in [0.25, 0.3) is 11.1 Å². The molecule has 2 aromatic carbocycles. The fourth-order valence-electron chi connectivity index (χ4n) is 7.64. The number of methoxy groups -OCH3 is 2. The van der Waals surface area contributed by atoms with Crippen molar-refractivity contribution in [2.24, 2.45) is 17.8 Å². The maximum atomic E-state index is 14.3. The minimum atomic E-state index is -0.140. The van der Waals surface area contributed by atoms with Crippen molar-refractivity contribution in [2.75, 3.05) is 25.7 Å². The van der Waals surface area contributed by atoms with Crippen molar-refractivity contribution in [3.63, 3.8) is 0 Å². The lowest BCUT2D eigenvalue weighted by molar-refractivity contribution is -0.141. The van der Waals surface area contributed by atoms with Crippen molar-refractivity contribution in [1.82, 2.24) is 9.78 Å². The minimum absolute atomic E-state index is 0.0271. The van der Waals surface area contributed by atoms with E-state index in [-0.39, 0.29) is 17.8 Å². The Morgan fingerprint density at radius 1 is 0.889 bits per heavy atom. The molecule has 45 heavy (non-hydrogen) atoms. The third kappa shape index (κ3) is 7.62. The molecule has 0 N–H and O–H groups in total. The van der Waals surface area contributed by atoms with E-state index in [4.69, 9.17) is 9.47 Å². The van der Waals surface area contributed by atoms with E-state index in [0.29, 0.717) is 30.2 Å². The molecule has 3 fully saturated rings. The van der Waals surface area contributed by atoms with Gasteiger partial charge in [-0.15, -0.1) is 0 Å². The fraction of sp³-hybridized carbons (Fsp3) is 0.553. The van der Waals surface area contributed by atoms with E-state index in [2.05, 4.69) is 70.3 Å². The lowest BCUT2D eigenvalue weighted by Crippen LogP contribution is -2.41. The molecule has 7 heteroatoms. The number of aryl methyl sites for hydroxylation is 1. The SMILES string of the molecule is COC(=O)CCC1CCC(C(=O)N(CC2CCC(c3ccc(OC)c(C)c3)CC2)c2cccc(-c3cnn(C4CC4)c3)c2)CC1. The van der Waals surface area contributed by atoms with Crippen LogP contribution < -0.4 is 9.64 Å². The van der Waals surface area contributed by atoms with Gasteiger partial charge in [0, 0.05) is 36.3 Å². The molecule has 1 aromatic heterocycles. The number of hydrogen-bond donors (Lipinski definition) is 0. The van der Waals surface area contributed by atoms with Gasteiger partial charge in [0.1, 0.15) is 5.75 Å². The molecule has 0 aliphatic heterocycles. The molecule has 3 saturated carbocycles. The Labute approximate surface area is 268 Å². The first-order valence-electron chi connectivity index (χ1n) is 17.1. The number of nitrogens with zero attached hydrogens (tertiary/aromatic N) is 3. The van der Waals surface area contributed by atoms with Gasteiger partial charge in [0.15, 0.2) is 0 Å². The highest BCUT2D eigenvalue weighted by molar-refractivity contribution is 5.95. The molecular weight excluding hydrogens is 562 g/mol. The normalized spacial score (nSPS) is 23.4. The highest BCUT2D eigenvalue weighted by Gasteiger charge is 2.33. The Morgan fingerprint density at radius 2 is 1.64 bits per heavy atom. The van der Waals surface area contributed by atoms with E-state index < -0.39 is 0 Å². The van der Waals surface area contributed by atoms with Crippen LogP contribution in [0, 0.1) is 24.7 Å². The zero-order chi connectivity index (χ0) is 31.3. The standard InChI is InChI=1S/C38H49N3O4/c1-26-21-32(16-19-36(26)44-2)29-12-9-28(10-13-29)24-40(38(43)30-14-7-27(8-15-30)11-20-37(42)45-3)35-6-4-5-31(22-35)33-23-39-41(25-33)34-17-18-34/h4-6,16,19,21-23,25,27-30,34H,7-15,17-18,20,24H2,1-3H3. The van der Waals surface area contributed by atoms with E-state index in [1.165, 1.54) is 31.1 Å². The predicted molar refractivity (Wildman–Crippen MR) is 177 cm³/mol. The number of anilines is 1. The predicted octanol–water partition coefficient (Wildman–Crippen LogP) is 8.27. The third-order valence-electron chi connectivity index (χ3n) is 10.6. The summed E-state index contributed by atoms with van der Waals surface area (Å²) < 4.78 is 12.4. The van der Waals surface area contributed by atoms with Crippen LogP contribution in [0.5, 0.6) is 5.75 Å². The monoisotopic (exact) mass is 611 g/mol. The quantitative estimate of drug-likeness (QED) is 0.204. The molecule has 0 atom stereocenters. The zero-order valence-corrected chi connectivity index (χ0v) is 27.2. The number of rotatable bonds is 11. The van der Waals surface area contributed by atoms with Gasteiger partial charge in [-0.25, -0.2) is 0 Å². The summed E-state index contributed by atoms with van der Waals surface area (Å²) in [6.45, 7) is 2.88. The largest absolute Gasteiger partial charge is 0.496 e. The van der Waals surface area contributed by atoms with Crippen LogP contribution in [0.15, 0.2) is 54.9 Å². The van der Waals surface area contributed by atoms with Crippen molar-refractivity contribution in [2.45, 2.75) is 95.9 Å². The first kappa shape index (κ1) is 31.4. The van der Waals surface area contributed by atoms with Crippen molar-refractivity contribution >= 4 is 17.6 Å². The van der Waals surface area contributed by atoms with Gasteiger partial charge >= 0.3 is 5.97 Å². The van der Waals surface area contributed by atoms with Crippen molar-refractivity contribution < 1.29 is 19.1 Å². The van der Waals surface area contributed by atoms with Gasteiger partial charge in [-0.05, 0) is 130 Å². The van der Waals surface area contributed by atoms with Crippen LogP contribution in [0.2, 0.25) is 0 Å². The summed E-state index contributed by atoms with van der Waals surface area (Å²) in [5.74, 6) is 2.62. The summed E-state index contributed by atoms with van der Waals surface area (Å²) >= 11 is 0. The Balaban J connectivity index is 1.16. The van der Waals surface area contributed by atoms with Crippen molar-refractivity contribution in [1.29, 1.82) is 0 Å². The van der Waals surface area contributed by atoms with Crippen LogP contribution in [0.4, 0.5) is 5.69 Å². The molecule has 0 unspecified atom stereocenters. The van der Waals surface area contributed by atoms with Crippen LogP contribution in [0.3, 0.4) is 0 Å². The summed E-state index contributed by atoms with van der Waals surface area (Å²) in [6.07, 6.45) is 16.1. The van der Waals surface area contributed by atoms with Crippen molar-refractivity contribution in [3.8, 4) is 16.9 Å². The van der Waals surface area contributed by atoms with Crippen LogP contribution in [-0.4, -0.2) is 42.4 Å². The van der Waals surface area contributed by atoms with Gasteiger partial charge in [-0.1, -0.05) is 24.3 Å². The smallest absolute Gasteiger partial charge is 0.305 e. The van der Waals surface area contributed by atoms with Crippen LogP contribution in [0.1, 0.15) is 100 Å². The third-order valence-corrected chi connectivity index (χ3v) is 10.6. The van der Waals surface area contributed by atoms with E-state index in [0.717, 1.165) is 86.9 Å². The number of amides is 1. The van der Waals surface area contributed by atoms with Gasteiger partial charge in [-0.2, -0.15) is 5.10 Å². The molecule has 3 aliphatic carbocycles. The Bertz CT molecular complexity index is 1460. The number of carbonyl (C=O) groups excluding carboxylic acids is 2. The number of aromatic nitrogens is 2. The van der Waals surface area contributed by atoms with Crippen molar-refractivity contribution in [3.05, 3.63) is 66.0 Å². The molecule has 1 amide bonds. The molecule has 0 saturated heterocycles. The molecule has 3 aromatic rings. The number of benzene rings is 2. The molecule has 7 nitrogen and oxygen atoms in total. The Morgan fingerprint density at radius 3 is 2.33 bits per heavy atom. The van der Waals surface area contributed by atoms with Crippen LogP contribution in [-0.2, 0) is 14.3 Å². The molecule has 0 radical (unpaired) electrons. The zero-order valence-electron chi connectivity index (χ0n) is 27.2. The molecule has 6 rings (SSSR count). The average molecular weight is 612 g/mol. The molecular formula is C38H49N3O4. The Kier molecular flexibility index (Phi) is 9.91. The van der Waals surface area contributed by atoms with Gasteiger partial charge in [0.2, 0.25) is 5.91 Å². The maximum Gasteiger partial charge on any atom is 0.305 e. The van der Waals surface area contributed by atoms with E-state index in [9.17, 15) is 9.59 Å². The van der Waals surface area contributed by atoms with E-state index in [1.807, 2.05) is 6.20 Å². The summed E-state index contributed by atoms with van der Waals surface area (Å²) in [5, 5.41) is 4.62. The summed E-state index contributed by atoms with van der Waals surface area (Å²) in [5.41, 5.74) is 5.82. The van der Waals surface area contributed by atoms with E-state index in [1.54, 1.807) is 7.11 Å². The highest BCUT2D eigenvalue weighted by atomic mass is 16.5. The van der Waals surface area contributed by atoms with Gasteiger partial charge < -0.3 is 14.4 Å². The molecule has 0 spiro atoms. The average Bonchev–Trinajstić information content (AvgIpc) is 3.82. The molecule has 240 valence electrons. The molecule has 0 bridgehead atoms. The van der Waals surface area contributed by atoms with Gasteiger partial charge in [0.25, 0.3) is 0 Å². The first-order chi connectivity index (χ1) is 21.9. The Hall–Kier alpha value is -3.61. The van der Waals surface area contributed by atoms with Crippen LogP contribution >= 0.6 is 0 Å². The van der Waals surface area contributed by atoms with Gasteiger partial charge in [-0.3, -0.25) is 14.3 Å². The maximum absolute atomic E-state index is 14.3. The molecule has 3 aliphatic rings. The number of hydrogen-bond acceptors (Lipinski definition) is 5. The number of carbonyl (C=O) groups is 2. The fourth-order valence-corrected chi connectivity index (χ4v) is 7.64. The second-order valence-electron chi connectivity index (χ2n) is 13.7. The van der Waals surface area contributed by atoms with E-state index >= 15 is 0 Å². The highest BCUT2D eigenvalue weighted by Crippen LogP contribution is 2.40. The topological polar surface area (TPSA) is 73.7 Å². The molecule has 1 heterocycles. The second kappa shape index (κ2) is 14.2. The summed E-state index contributed by atoms with van der Waals surface area (Å²) in [7, 11) is 3.18. The lowest BCUT2D eigenvalue weighted by Gasteiger charge is -2.36. The minimum Gasteiger partial charge on any atom is -0.496 e. The second-order valence-corrected chi connectivity index (χ2v) is 13.7. The first-order valence-corrected chi connectivity index (χ1v) is 17.1. The summed E-state index contributed by atoms with van der Waals surface area (Å²) in [6, 6.07) is 15.7. The van der Waals surface area contributed by atoms with Gasteiger partial charge in [0.05, 0.1) is 26.5 Å². The lowest BCUT2D eigenvalue weighted by atomic mass is 9.77. The summed E-state index contributed by atoms with van der Waals surface area (Å²) in [4.78, 5) is 28.1.